The van der Waals surface area contributed by atoms with Crippen LogP contribution in [-0.4, -0.2) is 52.9 Å². The predicted octanol–water partition coefficient (Wildman–Crippen LogP) is 8.60. The van der Waals surface area contributed by atoms with Crippen LogP contribution in [0.4, 0.5) is 0 Å². The Morgan fingerprint density at radius 3 is 2.13 bits per heavy atom. The van der Waals surface area contributed by atoms with Crippen molar-refractivity contribution in [1.82, 2.24) is 9.97 Å². The highest BCUT2D eigenvalue weighted by molar-refractivity contribution is 6.22. The first-order chi connectivity index (χ1) is 21.9. The monoisotopic (exact) mass is 646 g/mol. The van der Waals surface area contributed by atoms with Crippen LogP contribution in [0, 0.1) is 27.7 Å². The summed E-state index contributed by atoms with van der Waals surface area (Å²) in [5, 5.41) is 0. The first-order valence-electron chi connectivity index (χ1n) is 16.1. The van der Waals surface area contributed by atoms with Gasteiger partial charge in [-0.05, 0) is 125 Å². The van der Waals surface area contributed by atoms with Gasteiger partial charge in [-0.1, -0.05) is 6.92 Å². The Morgan fingerprint density at radius 1 is 0.826 bits per heavy atom. The number of aromatic amines is 2. The topological polar surface area (TPSA) is 109 Å². The number of nitrogens with zero attached hydrogens (tertiary/aromatic N) is 2. The Morgan fingerprint density at radius 2 is 1.48 bits per heavy atom. The zero-order valence-corrected chi connectivity index (χ0v) is 29.5. The summed E-state index contributed by atoms with van der Waals surface area (Å²) < 4.78 is 10.1. The second-order valence-corrected chi connectivity index (χ2v) is 12.3. The van der Waals surface area contributed by atoms with Gasteiger partial charge in [-0.3, -0.25) is 14.8 Å². The van der Waals surface area contributed by atoms with Crippen LogP contribution in [-0.2, 0) is 20.7 Å². The van der Waals surface area contributed by atoms with Gasteiger partial charge in [-0.25, -0.2) is 4.79 Å². The van der Waals surface area contributed by atoms with E-state index in [2.05, 4.69) is 50.7 Å². The van der Waals surface area contributed by atoms with Gasteiger partial charge in [-0.15, -0.1) is 11.6 Å². The van der Waals surface area contributed by atoms with Gasteiger partial charge in [0, 0.05) is 41.5 Å². The van der Waals surface area contributed by atoms with E-state index >= 15 is 0 Å². The number of methoxy groups -OCH3 is 1. The molecule has 4 heterocycles. The average Bonchev–Trinajstić information content (AvgIpc) is 3.66. The standard InChI is InChI=1S/C37H47ClN4O4/c1-10-26-20(3)31(41-33(26)19-32-23(6)36(25(8)40-32)37(44)45-9)18-34-28(15-16-38)22(5)30(42-34)17-29-21(4)27(24(7)39-29)13-12-14-35(43)46-11-2/h17,19,39-40H,10-16,18H2,1-9H3/b30-17-,33-19-. The van der Waals surface area contributed by atoms with Gasteiger partial charge in [-0.2, -0.15) is 0 Å². The maximum Gasteiger partial charge on any atom is 0.339 e. The van der Waals surface area contributed by atoms with Crippen LogP contribution < -0.4 is 0 Å². The number of nitrogens with one attached hydrogen (secondary N) is 2. The number of aromatic nitrogens is 2. The lowest BCUT2D eigenvalue weighted by Crippen LogP contribution is -2.09. The number of alkyl halides is 1. The van der Waals surface area contributed by atoms with Crippen molar-refractivity contribution in [2.24, 2.45) is 9.98 Å². The van der Waals surface area contributed by atoms with Crippen molar-refractivity contribution in [1.29, 1.82) is 0 Å². The molecule has 2 aromatic heterocycles. The number of esters is 2. The molecule has 4 rings (SSSR count). The summed E-state index contributed by atoms with van der Waals surface area (Å²) in [6.45, 7) is 16.6. The molecule has 0 unspecified atom stereocenters. The quantitative estimate of drug-likeness (QED) is 0.168. The Balaban J connectivity index is 1.64. The number of carbonyl (C=O) groups is 2. The number of aryl methyl sites for hydroxylation is 2. The van der Waals surface area contributed by atoms with Crippen LogP contribution in [0.1, 0.15) is 110 Å². The number of ether oxygens (including phenoxy) is 2. The van der Waals surface area contributed by atoms with Crippen molar-refractivity contribution >= 4 is 47.1 Å². The molecule has 0 aliphatic carbocycles. The Labute approximate surface area is 277 Å². The lowest BCUT2D eigenvalue weighted by Gasteiger charge is -2.07. The number of aliphatic imine (C=N–C) groups is 2. The van der Waals surface area contributed by atoms with Crippen molar-refractivity contribution in [3.8, 4) is 0 Å². The lowest BCUT2D eigenvalue weighted by molar-refractivity contribution is -0.143. The van der Waals surface area contributed by atoms with Crippen LogP contribution in [0.15, 0.2) is 43.7 Å². The van der Waals surface area contributed by atoms with Crippen molar-refractivity contribution in [3.63, 3.8) is 0 Å². The smallest absolute Gasteiger partial charge is 0.339 e. The highest BCUT2D eigenvalue weighted by atomic mass is 35.5. The molecule has 8 nitrogen and oxygen atoms in total. The molecule has 9 heteroatoms. The minimum Gasteiger partial charge on any atom is -0.466 e. The van der Waals surface area contributed by atoms with E-state index < -0.39 is 0 Å². The van der Waals surface area contributed by atoms with Crippen molar-refractivity contribution in [2.45, 2.75) is 93.9 Å². The third kappa shape index (κ3) is 7.22. The van der Waals surface area contributed by atoms with E-state index in [1.807, 2.05) is 26.8 Å². The van der Waals surface area contributed by atoms with E-state index in [0.29, 0.717) is 30.9 Å². The molecule has 2 aromatic rings. The van der Waals surface area contributed by atoms with Gasteiger partial charge >= 0.3 is 11.9 Å². The minimum absolute atomic E-state index is 0.149. The van der Waals surface area contributed by atoms with Crippen molar-refractivity contribution in [2.75, 3.05) is 19.6 Å². The number of carbonyl (C=O) groups excluding carboxylic acids is 2. The fourth-order valence-corrected chi connectivity index (χ4v) is 6.71. The van der Waals surface area contributed by atoms with Crippen molar-refractivity contribution in [3.05, 3.63) is 78.7 Å². The van der Waals surface area contributed by atoms with E-state index in [-0.39, 0.29) is 11.9 Å². The molecule has 0 radical (unpaired) electrons. The minimum atomic E-state index is -0.346. The van der Waals surface area contributed by atoms with Gasteiger partial charge < -0.3 is 19.4 Å². The van der Waals surface area contributed by atoms with Gasteiger partial charge in [0.05, 0.1) is 42.1 Å². The first-order valence-corrected chi connectivity index (χ1v) is 16.6. The Bertz CT molecular complexity index is 1720. The molecule has 0 saturated heterocycles. The summed E-state index contributed by atoms with van der Waals surface area (Å²) in [6, 6.07) is 0. The van der Waals surface area contributed by atoms with Gasteiger partial charge in [0.25, 0.3) is 0 Å². The summed E-state index contributed by atoms with van der Waals surface area (Å²) in [6.07, 6.45) is 8.30. The molecule has 46 heavy (non-hydrogen) atoms. The SMILES string of the molecule is CCOC(=O)CCCc1c(C)[nH]c(/C=C2\N=C(CC3=N/C(=C\c4[nH]c(C)c(C(=O)OC)c4C)C(CC)=C3C)C(CCCl)=C2C)c1C. The highest BCUT2D eigenvalue weighted by Gasteiger charge is 2.27. The summed E-state index contributed by atoms with van der Waals surface area (Å²) in [4.78, 5) is 41.3. The number of H-pyrrole nitrogens is 2. The number of hydrogen-bond acceptors (Lipinski definition) is 6. The molecule has 0 saturated carbocycles. The normalized spacial score (nSPS) is 16.7. The molecule has 0 spiro atoms. The number of hydrogen-bond donors (Lipinski definition) is 2. The van der Waals surface area contributed by atoms with Crippen LogP contribution in [0.2, 0.25) is 0 Å². The largest absolute Gasteiger partial charge is 0.466 e. The van der Waals surface area contributed by atoms with Crippen LogP contribution in [0.25, 0.3) is 12.2 Å². The number of halogens is 1. The number of allylic oxidation sites excluding steroid dienone is 4. The molecule has 0 bridgehead atoms. The summed E-state index contributed by atoms with van der Waals surface area (Å²) in [5.74, 6) is 0.00934. The number of rotatable bonds is 13. The molecule has 0 amide bonds. The van der Waals surface area contributed by atoms with E-state index in [1.165, 1.54) is 29.4 Å². The van der Waals surface area contributed by atoms with Gasteiger partial charge in [0.15, 0.2) is 0 Å². The Hall–Kier alpha value is -3.91. The molecular weight excluding hydrogens is 600 g/mol. The fourth-order valence-electron chi connectivity index (χ4n) is 6.52. The van der Waals surface area contributed by atoms with Crippen LogP contribution in [0.3, 0.4) is 0 Å². The summed E-state index contributed by atoms with van der Waals surface area (Å²) in [7, 11) is 1.40. The van der Waals surface area contributed by atoms with Gasteiger partial charge in [0.1, 0.15) is 0 Å². The lowest BCUT2D eigenvalue weighted by atomic mass is 9.95. The molecule has 0 atom stereocenters. The molecule has 2 N–H and O–H groups in total. The van der Waals surface area contributed by atoms with Crippen molar-refractivity contribution < 1.29 is 19.1 Å². The Kier molecular flexibility index (Phi) is 11.5. The van der Waals surface area contributed by atoms with Crippen LogP contribution >= 0.6 is 11.6 Å². The molecule has 2 aliphatic rings. The van der Waals surface area contributed by atoms with E-state index in [4.69, 9.17) is 31.1 Å². The third-order valence-corrected chi connectivity index (χ3v) is 9.29. The maximum absolute atomic E-state index is 12.3. The van der Waals surface area contributed by atoms with E-state index in [9.17, 15) is 9.59 Å². The summed E-state index contributed by atoms with van der Waals surface area (Å²) >= 11 is 6.29. The molecule has 0 fully saturated rings. The fraction of sp³-hybridized carbons (Fsp3) is 0.459. The summed E-state index contributed by atoms with van der Waals surface area (Å²) in [5.41, 5.74) is 16.1. The van der Waals surface area contributed by atoms with E-state index in [0.717, 1.165) is 88.0 Å². The molecular formula is C37H47ClN4O4. The van der Waals surface area contributed by atoms with Gasteiger partial charge in [0.2, 0.25) is 0 Å². The van der Waals surface area contributed by atoms with E-state index in [1.54, 1.807) is 0 Å². The highest BCUT2D eigenvalue weighted by Crippen LogP contribution is 2.36. The molecule has 246 valence electrons. The molecule has 2 aliphatic heterocycles. The second kappa shape index (κ2) is 15.1. The maximum atomic E-state index is 12.3. The second-order valence-electron chi connectivity index (χ2n) is 11.9. The average molecular weight is 647 g/mol. The third-order valence-electron chi connectivity index (χ3n) is 9.10. The zero-order chi connectivity index (χ0) is 33.7. The van der Waals surface area contributed by atoms with Crippen LogP contribution in [0.5, 0.6) is 0 Å². The first kappa shape index (κ1) is 35.0. The molecule has 0 aromatic carbocycles. The predicted molar refractivity (Wildman–Crippen MR) is 188 cm³/mol. The zero-order valence-electron chi connectivity index (χ0n) is 28.7.